The lowest BCUT2D eigenvalue weighted by molar-refractivity contribution is -0.122. The van der Waals surface area contributed by atoms with Crippen LogP contribution in [0.4, 0.5) is 13.2 Å². The van der Waals surface area contributed by atoms with E-state index in [1.54, 1.807) is 0 Å². The molecule has 0 aliphatic heterocycles. The Morgan fingerprint density at radius 3 is 1.81 bits per heavy atom. The second-order valence-electron chi connectivity index (χ2n) is 6.53. The predicted octanol–water partition coefficient (Wildman–Crippen LogP) is 3.61. The van der Waals surface area contributed by atoms with Gasteiger partial charge in [-0.15, -0.1) is 0 Å². The van der Waals surface area contributed by atoms with Crippen molar-refractivity contribution in [2.24, 2.45) is 10.2 Å². The normalized spacial score (nSPS) is 12.2. The van der Waals surface area contributed by atoms with Crippen LogP contribution in [0.3, 0.4) is 0 Å². The maximum absolute atomic E-state index is 12.5. The van der Waals surface area contributed by atoms with Crippen LogP contribution in [0.15, 0.2) is 64.8 Å². The van der Waals surface area contributed by atoms with Gasteiger partial charge in [0.25, 0.3) is 0 Å². The van der Waals surface area contributed by atoms with Crippen LogP contribution < -0.4 is 21.5 Å². The quantitative estimate of drug-likeness (QED) is 0.276. The van der Waals surface area contributed by atoms with Gasteiger partial charge in [0.2, 0.25) is 0 Å². The number of thiocarbonyl (C=S) groups is 2. The third-order valence-electron chi connectivity index (χ3n) is 3.92. The highest BCUT2D eigenvalue weighted by atomic mass is 32.1. The van der Waals surface area contributed by atoms with Crippen LogP contribution in [0, 0.1) is 6.92 Å². The van der Waals surface area contributed by atoms with Crippen LogP contribution >= 0.6 is 24.4 Å². The number of halogens is 3. The van der Waals surface area contributed by atoms with Crippen molar-refractivity contribution < 1.29 is 13.2 Å². The van der Waals surface area contributed by atoms with E-state index in [9.17, 15) is 13.2 Å². The second kappa shape index (κ2) is 12.1. The molecule has 0 radical (unpaired) electrons. The summed E-state index contributed by atoms with van der Waals surface area (Å²) in [5.74, 6) is 0. The molecule has 6 nitrogen and oxygen atoms in total. The first-order chi connectivity index (χ1) is 15.2. The van der Waals surface area contributed by atoms with Crippen LogP contribution in [-0.4, -0.2) is 40.9 Å². The van der Waals surface area contributed by atoms with Crippen molar-refractivity contribution in [2.75, 3.05) is 13.1 Å². The number of nitrogens with zero attached hydrogens (tertiary/aromatic N) is 2. The molecule has 0 atom stereocenters. The molecule has 0 aliphatic carbocycles. The molecule has 0 unspecified atom stereocenters. The maximum Gasteiger partial charge on any atom is 0.405 e. The van der Waals surface area contributed by atoms with E-state index >= 15 is 0 Å². The number of rotatable bonds is 7. The zero-order valence-corrected chi connectivity index (χ0v) is 19.1. The van der Waals surface area contributed by atoms with Crippen LogP contribution in [0.25, 0.3) is 0 Å². The van der Waals surface area contributed by atoms with Crippen molar-refractivity contribution >= 4 is 46.1 Å². The van der Waals surface area contributed by atoms with E-state index in [4.69, 9.17) is 24.4 Å². The first kappa shape index (κ1) is 25.2. The number of hydrazone groups is 2. The molecule has 32 heavy (non-hydrogen) atoms. The number of hydrogen-bond acceptors (Lipinski definition) is 4. The summed E-state index contributed by atoms with van der Waals surface area (Å²) in [6.45, 7) is 3.18. The van der Waals surface area contributed by atoms with Gasteiger partial charge in [0.15, 0.2) is 10.2 Å². The maximum atomic E-state index is 12.5. The molecular formula is C21H23F3N6S2. The Morgan fingerprint density at radius 2 is 1.31 bits per heavy atom. The largest absolute Gasteiger partial charge is 0.405 e. The predicted molar refractivity (Wildman–Crippen MR) is 130 cm³/mol. The molecule has 2 aromatic carbocycles. The van der Waals surface area contributed by atoms with Gasteiger partial charge in [-0.05, 0) is 38.3 Å². The number of hydrogen-bond donors (Lipinski definition) is 4. The summed E-state index contributed by atoms with van der Waals surface area (Å²) < 4.78 is 37.4. The Kier molecular flexibility index (Phi) is 9.54. The zero-order valence-electron chi connectivity index (χ0n) is 17.5. The van der Waals surface area contributed by atoms with Crippen molar-refractivity contribution in [1.82, 2.24) is 21.5 Å². The van der Waals surface area contributed by atoms with E-state index in [0.717, 1.165) is 11.1 Å². The lowest BCUT2D eigenvalue weighted by Gasteiger charge is -2.14. The fourth-order valence-corrected chi connectivity index (χ4v) is 2.76. The van der Waals surface area contributed by atoms with E-state index < -0.39 is 12.7 Å². The van der Waals surface area contributed by atoms with Crippen molar-refractivity contribution in [3.05, 3.63) is 71.3 Å². The van der Waals surface area contributed by atoms with Crippen molar-refractivity contribution in [1.29, 1.82) is 0 Å². The molecule has 0 saturated heterocycles. The molecule has 4 N–H and O–H groups in total. The van der Waals surface area contributed by atoms with Gasteiger partial charge in [0, 0.05) is 17.7 Å². The Labute approximate surface area is 195 Å². The molecule has 11 heteroatoms. The molecule has 0 heterocycles. The smallest absolute Gasteiger partial charge is 0.362 e. The molecule has 0 aliphatic rings. The number of nitrogens with one attached hydrogen (secondary N) is 4. The number of alkyl halides is 3. The zero-order chi connectivity index (χ0) is 23.6. The van der Waals surface area contributed by atoms with Gasteiger partial charge in [-0.3, -0.25) is 10.9 Å². The Bertz CT molecular complexity index is 973. The van der Waals surface area contributed by atoms with Gasteiger partial charge in [0.05, 0.1) is 0 Å². The third-order valence-corrected chi connectivity index (χ3v) is 4.39. The SMILES string of the molecule is CCNC(=S)NN=C(C(=NNC(=S)NCC(F)(F)F)c1ccc(C)cc1)c1ccccc1. The summed E-state index contributed by atoms with van der Waals surface area (Å²) in [7, 11) is 0. The Hall–Kier alpha value is -3.05. The van der Waals surface area contributed by atoms with Crippen molar-refractivity contribution in [3.8, 4) is 0 Å². The highest BCUT2D eigenvalue weighted by Gasteiger charge is 2.27. The van der Waals surface area contributed by atoms with Gasteiger partial charge in [-0.2, -0.15) is 23.4 Å². The van der Waals surface area contributed by atoms with Gasteiger partial charge in [0.1, 0.15) is 18.0 Å². The topological polar surface area (TPSA) is 72.8 Å². The molecule has 0 amide bonds. The molecular weight excluding hydrogens is 457 g/mol. The van der Waals surface area contributed by atoms with Crippen LogP contribution in [-0.2, 0) is 0 Å². The van der Waals surface area contributed by atoms with Gasteiger partial charge in [-0.25, -0.2) is 0 Å². The summed E-state index contributed by atoms with van der Waals surface area (Å²) in [5, 5.41) is 13.8. The van der Waals surface area contributed by atoms with E-state index in [1.165, 1.54) is 0 Å². The molecule has 170 valence electrons. The lowest BCUT2D eigenvalue weighted by Crippen LogP contribution is -2.39. The highest BCUT2D eigenvalue weighted by Crippen LogP contribution is 2.13. The second-order valence-corrected chi connectivity index (χ2v) is 7.35. The van der Waals surface area contributed by atoms with Crippen molar-refractivity contribution in [2.45, 2.75) is 20.0 Å². The van der Waals surface area contributed by atoms with Crippen LogP contribution in [0.2, 0.25) is 0 Å². The molecule has 0 saturated carbocycles. The minimum atomic E-state index is -4.40. The third kappa shape index (κ3) is 8.60. The Balaban J connectivity index is 2.45. The van der Waals surface area contributed by atoms with Crippen molar-refractivity contribution in [3.63, 3.8) is 0 Å². The number of benzene rings is 2. The molecule has 0 spiro atoms. The molecule has 0 aromatic heterocycles. The molecule has 2 aromatic rings. The van der Waals surface area contributed by atoms with Crippen LogP contribution in [0.5, 0.6) is 0 Å². The molecule has 0 fully saturated rings. The van der Waals surface area contributed by atoms with Gasteiger partial charge < -0.3 is 10.6 Å². The minimum absolute atomic E-state index is 0.268. The van der Waals surface area contributed by atoms with Gasteiger partial charge in [-0.1, -0.05) is 60.2 Å². The average Bonchev–Trinajstić information content (AvgIpc) is 2.75. The first-order valence-electron chi connectivity index (χ1n) is 9.62. The molecule has 2 rings (SSSR count). The van der Waals surface area contributed by atoms with Gasteiger partial charge >= 0.3 is 6.18 Å². The van der Waals surface area contributed by atoms with E-state index in [-0.39, 0.29) is 5.11 Å². The van der Waals surface area contributed by atoms with E-state index in [0.29, 0.717) is 28.6 Å². The standard InChI is InChI=1S/C21H23F3N6S2/c1-3-25-19(31)29-27-17(15-7-5-4-6-8-15)18(16-11-9-14(2)10-12-16)28-30-20(32)26-13-21(22,23)24/h4-12H,3,13H2,1-2H3,(H2,25,29,31)(H2,26,30,32). The summed E-state index contributed by atoms with van der Waals surface area (Å²) in [6, 6.07) is 16.7. The monoisotopic (exact) mass is 480 g/mol. The highest BCUT2D eigenvalue weighted by molar-refractivity contribution is 7.80. The number of aryl methyl sites for hydroxylation is 1. The van der Waals surface area contributed by atoms with E-state index in [1.807, 2.05) is 68.4 Å². The molecule has 0 bridgehead atoms. The van der Waals surface area contributed by atoms with Crippen LogP contribution in [0.1, 0.15) is 23.6 Å². The average molecular weight is 481 g/mol. The van der Waals surface area contributed by atoms with E-state index in [2.05, 4.69) is 31.7 Å². The Morgan fingerprint density at radius 1 is 0.812 bits per heavy atom. The fourth-order valence-electron chi connectivity index (χ4n) is 2.45. The summed E-state index contributed by atoms with van der Waals surface area (Å²) >= 11 is 10.1. The summed E-state index contributed by atoms with van der Waals surface area (Å²) in [5.41, 5.74) is 8.47. The summed E-state index contributed by atoms with van der Waals surface area (Å²) in [4.78, 5) is 0. The lowest BCUT2D eigenvalue weighted by atomic mass is 9.99. The summed E-state index contributed by atoms with van der Waals surface area (Å²) in [6.07, 6.45) is -4.40. The first-order valence-corrected chi connectivity index (χ1v) is 10.4. The fraction of sp³-hybridized carbons (Fsp3) is 0.238. The minimum Gasteiger partial charge on any atom is -0.362 e.